The van der Waals surface area contributed by atoms with Crippen molar-refractivity contribution in [1.82, 2.24) is 20.8 Å². The summed E-state index contributed by atoms with van der Waals surface area (Å²) in [4.78, 5) is 10.4. The summed E-state index contributed by atoms with van der Waals surface area (Å²) in [6.07, 6.45) is 7.53. The van der Waals surface area contributed by atoms with E-state index in [1.165, 1.54) is 6.20 Å². The number of nitrogens with one attached hydrogen (secondary N) is 2. The number of hydrogen-bond acceptors (Lipinski definition) is 7. The van der Waals surface area contributed by atoms with Gasteiger partial charge in [0.2, 0.25) is 5.95 Å². The first-order chi connectivity index (χ1) is 16.5. The van der Waals surface area contributed by atoms with E-state index < -0.39 is 12.1 Å². The maximum absolute atomic E-state index is 13.9. The van der Waals surface area contributed by atoms with E-state index in [0.717, 1.165) is 56.6 Å². The number of ether oxygens (including phenoxy) is 1. The Hall–Kier alpha value is -2.02. The molecule has 0 aromatic carbocycles. The van der Waals surface area contributed by atoms with Gasteiger partial charge in [0.15, 0.2) is 0 Å². The summed E-state index contributed by atoms with van der Waals surface area (Å²) in [5.74, 6) is 0.294. The Kier molecular flexibility index (Phi) is 6.92. The van der Waals surface area contributed by atoms with Crippen molar-refractivity contribution in [2.45, 2.75) is 63.3 Å². The first-order valence-electron chi connectivity index (χ1n) is 11.8. The van der Waals surface area contributed by atoms with Crippen LogP contribution in [0, 0.1) is 23.2 Å². The maximum atomic E-state index is 13.9. The van der Waals surface area contributed by atoms with Gasteiger partial charge in [0.25, 0.3) is 0 Å². The Labute approximate surface area is 208 Å². The zero-order valence-electron chi connectivity index (χ0n) is 18.9. The number of anilines is 1. The van der Waals surface area contributed by atoms with Crippen LogP contribution in [0.4, 0.5) is 10.2 Å². The molecule has 2 N–H and O–H groups in total. The fourth-order valence-electron chi connectivity index (χ4n) is 5.56. The van der Waals surface area contributed by atoms with Gasteiger partial charge in [-0.2, -0.15) is 9.65 Å². The Morgan fingerprint density at radius 2 is 2.00 bits per heavy atom. The molecule has 2 saturated heterocycles. The second kappa shape index (κ2) is 9.92. The van der Waals surface area contributed by atoms with E-state index >= 15 is 0 Å². The first kappa shape index (κ1) is 23.7. The highest BCUT2D eigenvalue weighted by atomic mass is 35.5. The lowest BCUT2D eigenvalue weighted by Gasteiger charge is -2.35. The lowest BCUT2D eigenvalue weighted by atomic mass is 9.78. The third kappa shape index (κ3) is 4.48. The number of nitriles is 1. The fourth-order valence-corrected chi connectivity index (χ4v) is 6.21. The first-order valence-corrected chi connectivity index (χ1v) is 12.5. The molecular weight excluding hydrogens is 478 g/mol. The third-order valence-corrected chi connectivity index (χ3v) is 7.91. The van der Waals surface area contributed by atoms with Crippen LogP contribution in [-0.4, -0.2) is 35.2 Å². The predicted octanol–water partition coefficient (Wildman–Crippen LogP) is 4.86. The van der Waals surface area contributed by atoms with Gasteiger partial charge in [-0.05, 0) is 56.6 Å². The molecule has 34 heavy (non-hydrogen) atoms. The highest BCUT2D eigenvalue weighted by Crippen LogP contribution is 2.42. The van der Waals surface area contributed by atoms with Crippen molar-refractivity contribution >= 4 is 29.0 Å². The molecule has 180 valence electrons. The topological polar surface area (TPSA) is 86.1 Å². The van der Waals surface area contributed by atoms with Crippen molar-refractivity contribution in [2.75, 3.05) is 18.0 Å². The van der Waals surface area contributed by atoms with Gasteiger partial charge in [-0.15, -0.1) is 0 Å². The van der Waals surface area contributed by atoms with Gasteiger partial charge >= 0.3 is 0 Å². The second-order valence-corrected chi connectivity index (χ2v) is 10.1. The van der Waals surface area contributed by atoms with Gasteiger partial charge in [0.05, 0.1) is 28.8 Å². The number of halogens is 3. The average Bonchev–Trinajstić information content (AvgIpc) is 3.51. The van der Waals surface area contributed by atoms with Crippen LogP contribution < -0.4 is 15.8 Å². The van der Waals surface area contributed by atoms with Crippen LogP contribution in [0.25, 0.3) is 0 Å². The molecule has 0 radical (unpaired) electrons. The minimum atomic E-state index is -0.748. The van der Waals surface area contributed by atoms with E-state index in [1.807, 2.05) is 19.2 Å². The van der Waals surface area contributed by atoms with Crippen molar-refractivity contribution in [2.24, 2.45) is 5.92 Å². The molecular formula is C24H27Cl2FN6O. The number of nitrogens with zero attached hydrogens (tertiary/aromatic N) is 4. The maximum Gasteiger partial charge on any atom is 0.232 e. The molecule has 1 saturated carbocycles. The summed E-state index contributed by atoms with van der Waals surface area (Å²) in [5, 5.41) is 9.97. The van der Waals surface area contributed by atoms with Crippen LogP contribution >= 0.6 is 23.2 Å². The molecule has 0 amide bonds. The summed E-state index contributed by atoms with van der Waals surface area (Å²) in [6.45, 7) is 3.73. The second-order valence-electron chi connectivity index (χ2n) is 9.32. The molecule has 5 atom stereocenters. The Morgan fingerprint density at radius 3 is 2.76 bits per heavy atom. The van der Waals surface area contributed by atoms with E-state index in [9.17, 15) is 9.65 Å². The average molecular weight is 505 g/mol. The molecule has 4 heterocycles. The minimum Gasteiger partial charge on any atom is -0.370 e. The molecule has 5 rings (SSSR count). The molecule has 2 aromatic rings. The van der Waals surface area contributed by atoms with Crippen LogP contribution in [0.2, 0.25) is 10.0 Å². The van der Waals surface area contributed by atoms with Crippen molar-refractivity contribution in [3.05, 3.63) is 51.1 Å². The largest absolute Gasteiger partial charge is 0.370 e. The number of rotatable bonds is 5. The molecule has 7 nitrogen and oxygen atoms in total. The normalized spacial score (nSPS) is 27.4. The summed E-state index contributed by atoms with van der Waals surface area (Å²) in [6, 6.07) is 4.62. The van der Waals surface area contributed by atoms with Gasteiger partial charge in [0, 0.05) is 37.1 Å². The van der Waals surface area contributed by atoms with Crippen LogP contribution in [-0.2, 0) is 4.74 Å². The molecule has 0 bridgehead atoms. The summed E-state index contributed by atoms with van der Waals surface area (Å²) < 4.78 is 20.2. The lowest BCUT2D eigenvalue weighted by molar-refractivity contribution is -0.0371. The van der Waals surface area contributed by atoms with Gasteiger partial charge in [-0.3, -0.25) is 5.43 Å². The lowest BCUT2D eigenvalue weighted by Crippen LogP contribution is -2.37. The van der Waals surface area contributed by atoms with E-state index in [4.69, 9.17) is 27.9 Å². The van der Waals surface area contributed by atoms with Crippen LogP contribution in [0.3, 0.4) is 0 Å². The van der Waals surface area contributed by atoms with Gasteiger partial charge in [-0.1, -0.05) is 23.2 Å². The van der Waals surface area contributed by atoms with E-state index in [0.29, 0.717) is 22.2 Å². The van der Waals surface area contributed by atoms with Crippen LogP contribution in [0.1, 0.15) is 67.9 Å². The molecule has 0 spiro atoms. The zero-order chi connectivity index (χ0) is 23.8. The molecule has 3 aliphatic rings. The Bertz CT molecular complexity index is 1110. The summed E-state index contributed by atoms with van der Waals surface area (Å²) in [7, 11) is 0. The minimum absolute atomic E-state index is 0.0180. The number of pyridine rings is 2. The van der Waals surface area contributed by atoms with Crippen LogP contribution in [0.5, 0.6) is 0 Å². The van der Waals surface area contributed by atoms with E-state index in [1.54, 1.807) is 0 Å². The monoisotopic (exact) mass is 504 g/mol. The smallest absolute Gasteiger partial charge is 0.232 e. The van der Waals surface area contributed by atoms with Crippen molar-refractivity contribution in [1.29, 1.82) is 5.26 Å². The summed E-state index contributed by atoms with van der Waals surface area (Å²) in [5.41, 5.74) is 8.88. The van der Waals surface area contributed by atoms with E-state index in [2.05, 4.69) is 31.8 Å². The molecule has 3 fully saturated rings. The summed E-state index contributed by atoms with van der Waals surface area (Å²) >= 11 is 12.4. The highest BCUT2D eigenvalue weighted by Gasteiger charge is 2.42. The van der Waals surface area contributed by atoms with Crippen molar-refractivity contribution in [3.8, 4) is 6.07 Å². The Balaban J connectivity index is 1.32. The molecule has 1 aliphatic carbocycles. The van der Waals surface area contributed by atoms with E-state index in [-0.39, 0.29) is 23.1 Å². The number of hydrazine groups is 1. The molecule has 2 aliphatic heterocycles. The number of hydrogen-bond donors (Lipinski definition) is 2. The number of fused-ring (bicyclic) bond motifs is 1. The fraction of sp³-hybridized carbons (Fsp3) is 0.542. The van der Waals surface area contributed by atoms with Crippen LogP contribution in [0.15, 0.2) is 18.5 Å². The SMILES string of the molecule is C[C@@H](OC1CCC2NNC(c3cnc(N4CCCC4)c(C#N)c3)C2C1)c1c(Cl)cnc(F)c1Cl. The molecule has 4 unspecified atom stereocenters. The standard InChI is InChI=1S/C24H27Cl2FN6O/c1-13(20-18(25)12-29-23(27)21(20)26)34-16-4-5-19-17(9-16)22(32-31-19)15-8-14(10-28)24(30-11-15)33-6-2-3-7-33/h8,11-13,16-17,19,22,31-32H,2-7,9H2,1H3/t13-,16?,17?,19?,22?/m1/s1. The predicted molar refractivity (Wildman–Crippen MR) is 128 cm³/mol. The molecule has 10 heteroatoms. The third-order valence-electron chi connectivity index (χ3n) is 7.25. The molecule has 2 aromatic heterocycles. The van der Waals surface area contributed by atoms with Crippen molar-refractivity contribution in [3.63, 3.8) is 0 Å². The van der Waals surface area contributed by atoms with Gasteiger partial charge < -0.3 is 9.64 Å². The van der Waals surface area contributed by atoms with Gasteiger partial charge in [0.1, 0.15) is 16.9 Å². The highest BCUT2D eigenvalue weighted by molar-refractivity contribution is 6.35. The van der Waals surface area contributed by atoms with Crippen molar-refractivity contribution < 1.29 is 9.13 Å². The quantitative estimate of drug-likeness (QED) is 0.562. The van der Waals surface area contributed by atoms with Gasteiger partial charge in [-0.25, -0.2) is 15.4 Å². The Morgan fingerprint density at radius 1 is 1.21 bits per heavy atom. The zero-order valence-corrected chi connectivity index (χ0v) is 20.4. The number of aromatic nitrogens is 2.